The van der Waals surface area contributed by atoms with Gasteiger partial charge in [0.1, 0.15) is 0 Å². The van der Waals surface area contributed by atoms with Gasteiger partial charge in [-0.05, 0) is 135 Å². The Morgan fingerprint density at radius 2 is 0.630 bits per heavy atom. The van der Waals surface area contributed by atoms with Crippen molar-refractivity contribution in [2.24, 2.45) is 0 Å². The van der Waals surface area contributed by atoms with Gasteiger partial charge in [-0.3, -0.25) is 0 Å². The summed E-state index contributed by atoms with van der Waals surface area (Å²) < 4.78 is 0. The molecule has 0 radical (unpaired) electrons. The highest BCUT2D eigenvalue weighted by Gasteiger charge is 2.16. The predicted molar refractivity (Wildman–Crippen MR) is 200 cm³/mol. The van der Waals surface area contributed by atoms with Crippen LogP contribution in [0.25, 0.3) is 98.0 Å². The molecular weight excluding hydrogens is 553 g/mol. The van der Waals surface area contributed by atoms with Crippen molar-refractivity contribution in [3.05, 3.63) is 157 Å². The van der Waals surface area contributed by atoms with Crippen molar-refractivity contribution >= 4 is 64.6 Å². The highest BCUT2D eigenvalue weighted by atomic mass is 14.2. The fraction of sp³-hybridized carbons (Fsp3) is 0.0435. The second kappa shape index (κ2) is 9.39. The van der Waals surface area contributed by atoms with Crippen molar-refractivity contribution < 1.29 is 0 Å². The highest BCUT2D eigenvalue weighted by molar-refractivity contribution is 6.26. The molecule has 46 heavy (non-hydrogen) atoms. The highest BCUT2D eigenvalue weighted by Crippen LogP contribution is 2.43. The molecule has 0 nitrogen and oxygen atoms in total. The molecule has 0 amide bonds. The second-order valence-electron chi connectivity index (χ2n) is 13.0. The topological polar surface area (TPSA) is 0 Å². The number of hydrogen-bond acceptors (Lipinski definition) is 0. The molecule has 214 valence electrons. The summed E-state index contributed by atoms with van der Waals surface area (Å²) in [6, 6.07) is 54.7. The fourth-order valence-electron chi connectivity index (χ4n) is 8.13. The molecular formula is C46H30. The Kier molecular flexibility index (Phi) is 5.23. The lowest BCUT2D eigenvalue weighted by Gasteiger charge is -2.18. The van der Waals surface area contributed by atoms with Gasteiger partial charge in [0.05, 0.1) is 0 Å². The maximum atomic E-state index is 2.41. The molecule has 0 heteroatoms. The number of rotatable bonds is 3. The van der Waals surface area contributed by atoms with E-state index in [9.17, 15) is 0 Å². The van der Waals surface area contributed by atoms with Crippen LogP contribution in [-0.4, -0.2) is 0 Å². The first kappa shape index (κ1) is 25.6. The molecule has 0 spiro atoms. The van der Waals surface area contributed by atoms with E-state index in [1.165, 1.54) is 109 Å². The minimum Gasteiger partial charge on any atom is -0.0610 e. The molecule has 0 N–H and O–H groups in total. The summed E-state index contributed by atoms with van der Waals surface area (Å²) in [6.45, 7) is 4.48. The summed E-state index contributed by atoms with van der Waals surface area (Å²) in [5, 5.41) is 15.9. The third-order valence-corrected chi connectivity index (χ3v) is 10.4. The van der Waals surface area contributed by atoms with Gasteiger partial charge >= 0.3 is 0 Å². The van der Waals surface area contributed by atoms with Crippen molar-refractivity contribution in [1.29, 1.82) is 0 Å². The summed E-state index contributed by atoms with van der Waals surface area (Å²) in [5.74, 6) is 0. The van der Waals surface area contributed by atoms with E-state index >= 15 is 0 Å². The molecule has 0 heterocycles. The maximum absolute atomic E-state index is 2.41. The lowest BCUT2D eigenvalue weighted by atomic mass is 9.86. The minimum absolute atomic E-state index is 1.26. The lowest BCUT2D eigenvalue weighted by molar-refractivity contribution is 1.41. The molecule has 0 fully saturated rings. The average molecular weight is 583 g/mol. The molecule has 0 saturated carbocycles. The Morgan fingerprint density at radius 1 is 0.283 bits per heavy atom. The molecule has 0 saturated heterocycles. The Hall–Kier alpha value is -5.72. The lowest BCUT2D eigenvalue weighted by Crippen LogP contribution is -1.92. The summed E-state index contributed by atoms with van der Waals surface area (Å²) in [7, 11) is 0. The van der Waals surface area contributed by atoms with Crippen LogP contribution in [0.4, 0.5) is 0 Å². The summed E-state index contributed by atoms with van der Waals surface area (Å²) in [4.78, 5) is 0. The smallest absolute Gasteiger partial charge is 0.00206 e. The Morgan fingerprint density at radius 3 is 1.04 bits per heavy atom. The van der Waals surface area contributed by atoms with Gasteiger partial charge in [0.25, 0.3) is 0 Å². The first-order valence-corrected chi connectivity index (χ1v) is 16.2. The van der Waals surface area contributed by atoms with Crippen molar-refractivity contribution in [2.45, 2.75) is 13.8 Å². The molecule has 0 atom stereocenters. The van der Waals surface area contributed by atoms with Crippen LogP contribution in [-0.2, 0) is 0 Å². The van der Waals surface area contributed by atoms with Crippen LogP contribution in [0, 0.1) is 13.8 Å². The molecule has 0 unspecified atom stereocenters. The van der Waals surface area contributed by atoms with Gasteiger partial charge in [-0.2, -0.15) is 0 Å². The Labute approximate surface area is 267 Å². The van der Waals surface area contributed by atoms with Crippen molar-refractivity contribution in [2.75, 3.05) is 0 Å². The molecule has 0 aromatic heterocycles. The maximum Gasteiger partial charge on any atom is -0.00206 e. The van der Waals surface area contributed by atoms with Gasteiger partial charge < -0.3 is 0 Å². The zero-order valence-electron chi connectivity index (χ0n) is 25.9. The third kappa shape index (κ3) is 3.56. The quantitative estimate of drug-likeness (QED) is 0.182. The monoisotopic (exact) mass is 582 g/mol. The molecule has 10 aromatic rings. The normalized spacial score (nSPS) is 12.1. The van der Waals surface area contributed by atoms with Crippen molar-refractivity contribution in [3.8, 4) is 33.4 Å². The van der Waals surface area contributed by atoms with E-state index in [0.29, 0.717) is 0 Å². The fourth-order valence-corrected chi connectivity index (χ4v) is 8.13. The standard InChI is InChI=1S/C46H30/c1-27-9-11-35(37-21-17-33-15-13-29-5-3-7-31-19-23-39(37)45(33)43(29)31)25-41(27)42-26-36(12-10-28(42)2)38-22-18-34-16-14-30-6-4-8-32-20-24-40(38)46(34)44(30)32/h3-26H,1-2H3. The van der Waals surface area contributed by atoms with E-state index in [0.717, 1.165) is 0 Å². The van der Waals surface area contributed by atoms with Crippen molar-refractivity contribution in [3.63, 3.8) is 0 Å². The summed E-state index contributed by atoms with van der Waals surface area (Å²) in [5.41, 5.74) is 10.2. The van der Waals surface area contributed by atoms with Crippen LogP contribution in [0.5, 0.6) is 0 Å². The Bertz CT molecular complexity index is 2590. The molecule has 0 aliphatic rings. The van der Waals surface area contributed by atoms with Gasteiger partial charge in [0, 0.05) is 0 Å². The molecule has 10 aromatic carbocycles. The van der Waals surface area contributed by atoms with Gasteiger partial charge in [-0.15, -0.1) is 0 Å². The SMILES string of the molecule is Cc1ccc(-c2ccc3ccc4cccc5ccc2c3c45)cc1-c1cc(-c2ccc3ccc4cccc5ccc2c3c45)ccc1C. The number of hydrogen-bond donors (Lipinski definition) is 0. The predicted octanol–water partition coefficient (Wildman–Crippen LogP) is 13.1. The molecule has 0 aliphatic carbocycles. The van der Waals surface area contributed by atoms with E-state index in [2.05, 4.69) is 159 Å². The average Bonchev–Trinajstić information content (AvgIpc) is 3.10. The zero-order chi connectivity index (χ0) is 30.5. The number of benzene rings is 10. The molecule has 0 bridgehead atoms. The van der Waals surface area contributed by atoms with Gasteiger partial charge in [0.2, 0.25) is 0 Å². The van der Waals surface area contributed by atoms with Crippen LogP contribution in [0.2, 0.25) is 0 Å². The van der Waals surface area contributed by atoms with E-state index in [-0.39, 0.29) is 0 Å². The third-order valence-electron chi connectivity index (χ3n) is 10.4. The van der Waals surface area contributed by atoms with Gasteiger partial charge in [-0.25, -0.2) is 0 Å². The van der Waals surface area contributed by atoms with Gasteiger partial charge in [0.15, 0.2) is 0 Å². The molecule has 10 rings (SSSR count). The first-order chi connectivity index (χ1) is 22.6. The van der Waals surface area contributed by atoms with Crippen LogP contribution in [0.1, 0.15) is 11.1 Å². The largest absolute Gasteiger partial charge is 0.0610 e. The van der Waals surface area contributed by atoms with E-state index in [1.54, 1.807) is 0 Å². The van der Waals surface area contributed by atoms with Crippen LogP contribution >= 0.6 is 0 Å². The first-order valence-electron chi connectivity index (χ1n) is 16.2. The van der Waals surface area contributed by atoms with Crippen molar-refractivity contribution in [1.82, 2.24) is 0 Å². The van der Waals surface area contributed by atoms with Crippen LogP contribution in [0.15, 0.2) is 146 Å². The summed E-state index contributed by atoms with van der Waals surface area (Å²) in [6.07, 6.45) is 0. The van der Waals surface area contributed by atoms with Crippen LogP contribution < -0.4 is 0 Å². The second-order valence-corrected chi connectivity index (χ2v) is 13.0. The zero-order valence-corrected chi connectivity index (χ0v) is 25.9. The summed E-state index contributed by atoms with van der Waals surface area (Å²) >= 11 is 0. The number of aryl methyl sites for hydroxylation is 2. The van der Waals surface area contributed by atoms with E-state index < -0.39 is 0 Å². The molecule has 0 aliphatic heterocycles. The van der Waals surface area contributed by atoms with E-state index in [4.69, 9.17) is 0 Å². The van der Waals surface area contributed by atoms with Crippen LogP contribution in [0.3, 0.4) is 0 Å². The minimum atomic E-state index is 1.26. The van der Waals surface area contributed by atoms with E-state index in [1.807, 2.05) is 0 Å². The van der Waals surface area contributed by atoms with Gasteiger partial charge in [-0.1, -0.05) is 133 Å². The Balaban J connectivity index is 1.16.